The molecular formula is C16H12N2O7. The van der Waals surface area contributed by atoms with E-state index in [1.54, 1.807) is 6.92 Å². The van der Waals surface area contributed by atoms with Crippen molar-refractivity contribution in [1.29, 1.82) is 0 Å². The highest BCUT2D eigenvalue weighted by Gasteiger charge is 2.27. The molecule has 3 N–H and O–H groups in total. The first-order valence-corrected chi connectivity index (χ1v) is 6.89. The monoisotopic (exact) mass is 344 g/mol. The van der Waals surface area contributed by atoms with Gasteiger partial charge >= 0.3 is 11.9 Å². The maximum absolute atomic E-state index is 11.9. The van der Waals surface area contributed by atoms with Crippen LogP contribution in [0.3, 0.4) is 0 Å². The lowest BCUT2D eigenvalue weighted by molar-refractivity contribution is -0.104. The van der Waals surface area contributed by atoms with Crippen LogP contribution in [0.2, 0.25) is 0 Å². The average molecular weight is 344 g/mol. The largest absolute Gasteiger partial charge is 0.478 e. The van der Waals surface area contributed by atoms with Gasteiger partial charge in [0.25, 0.3) is 0 Å². The summed E-state index contributed by atoms with van der Waals surface area (Å²) < 4.78 is 0. The predicted octanol–water partition coefficient (Wildman–Crippen LogP) is 1.37. The Bertz CT molecular complexity index is 940. The number of hydrogen-bond donors (Lipinski definition) is 3. The molecule has 128 valence electrons. The predicted molar refractivity (Wildman–Crippen MR) is 83.1 cm³/mol. The molecule has 0 aromatic carbocycles. The highest BCUT2D eigenvalue weighted by molar-refractivity contribution is 6.34. The number of aromatic carboxylic acids is 2. The van der Waals surface area contributed by atoms with Crippen molar-refractivity contribution in [3.8, 4) is 11.3 Å². The number of hydrogen-bond acceptors (Lipinski definition) is 6. The summed E-state index contributed by atoms with van der Waals surface area (Å²) in [6, 6.07) is 2.23. The standard InChI is InChI=1S/C16H12N2O7/c1-6-3-9(7(2)20)17-13(6)12-8(15(22)23)4-10(16(24)25)18-14(12)11(21)5-19/h3-5,17H,1-2H3,(H,22,23)(H,24,25). The van der Waals surface area contributed by atoms with Crippen molar-refractivity contribution in [1.82, 2.24) is 9.97 Å². The number of ketones is 2. The van der Waals surface area contributed by atoms with Gasteiger partial charge in [-0.15, -0.1) is 0 Å². The van der Waals surface area contributed by atoms with Crippen LogP contribution in [0.4, 0.5) is 0 Å². The number of aromatic nitrogens is 2. The van der Waals surface area contributed by atoms with Crippen LogP contribution in [-0.4, -0.2) is 50.0 Å². The van der Waals surface area contributed by atoms with Crippen LogP contribution in [0.1, 0.15) is 54.3 Å². The third-order valence-electron chi connectivity index (χ3n) is 3.45. The zero-order chi connectivity index (χ0) is 18.9. The first-order valence-electron chi connectivity index (χ1n) is 6.89. The molecule has 0 aliphatic heterocycles. The lowest BCUT2D eigenvalue weighted by atomic mass is 9.97. The molecule has 0 radical (unpaired) electrons. The van der Waals surface area contributed by atoms with Crippen LogP contribution in [0.5, 0.6) is 0 Å². The minimum absolute atomic E-state index is 0.0900. The highest BCUT2D eigenvalue weighted by Crippen LogP contribution is 2.30. The molecule has 0 spiro atoms. The van der Waals surface area contributed by atoms with Gasteiger partial charge in [-0.05, 0) is 24.6 Å². The fraction of sp³-hybridized carbons (Fsp3) is 0.125. The molecule has 9 heteroatoms. The Morgan fingerprint density at radius 3 is 2.20 bits per heavy atom. The van der Waals surface area contributed by atoms with Gasteiger partial charge in [0.1, 0.15) is 11.4 Å². The molecule has 0 bridgehead atoms. The van der Waals surface area contributed by atoms with Crippen LogP contribution < -0.4 is 0 Å². The summed E-state index contributed by atoms with van der Waals surface area (Å²) in [5.41, 5.74) is -1.41. The molecule has 2 rings (SSSR count). The van der Waals surface area contributed by atoms with Crippen LogP contribution in [0, 0.1) is 6.92 Å². The Hall–Kier alpha value is -3.62. The average Bonchev–Trinajstić information content (AvgIpc) is 2.94. The molecule has 0 aliphatic carbocycles. The number of carbonyl (C=O) groups excluding carboxylic acids is 3. The molecule has 0 amide bonds. The number of carbonyl (C=O) groups is 5. The van der Waals surface area contributed by atoms with E-state index >= 15 is 0 Å². The smallest absolute Gasteiger partial charge is 0.354 e. The SMILES string of the molecule is CC(=O)c1cc(C)c(-c2c(C(=O)O)cc(C(=O)O)nc2C(=O)C=O)[nH]1. The van der Waals surface area contributed by atoms with Gasteiger partial charge < -0.3 is 15.2 Å². The second kappa shape index (κ2) is 6.48. The van der Waals surface area contributed by atoms with E-state index in [1.807, 2.05) is 0 Å². The first kappa shape index (κ1) is 17.7. The number of rotatable bonds is 6. The molecule has 25 heavy (non-hydrogen) atoms. The third-order valence-corrected chi connectivity index (χ3v) is 3.45. The number of aromatic amines is 1. The lowest BCUT2D eigenvalue weighted by Gasteiger charge is -2.11. The molecule has 2 aromatic heterocycles. The Morgan fingerprint density at radius 1 is 1.12 bits per heavy atom. The Kier molecular flexibility index (Phi) is 4.59. The summed E-state index contributed by atoms with van der Waals surface area (Å²) in [7, 11) is 0. The van der Waals surface area contributed by atoms with E-state index in [4.69, 9.17) is 5.11 Å². The van der Waals surface area contributed by atoms with Crippen molar-refractivity contribution in [2.45, 2.75) is 13.8 Å². The van der Waals surface area contributed by atoms with Gasteiger partial charge in [-0.3, -0.25) is 14.4 Å². The fourth-order valence-corrected chi connectivity index (χ4v) is 2.32. The number of pyridine rings is 1. The zero-order valence-corrected chi connectivity index (χ0v) is 13.1. The van der Waals surface area contributed by atoms with E-state index in [1.165, 1.54) is 13.0 Å². The topological polar surface area (TPSA) is 154 Å². The normalized spacial score (nSPS) is 10.3. The van der Waals surface area contributed by atoms with Crippen LogP contribution in [0.25, 0.3) is 11.3 Å². The molecular weight excluding hydrogens is 332 g/mol. The second-order valence-electron chi connectivity index (χ2n) is 5.17. The lowest BCUT2D eigenvalue weighted by Crippen LogP contribution is -2.15. The fourth-order valence-electron chi connectivity index (χ4n) is 2.32. The van der Waals surface area contributed by atoms with Gasteiger partial charge in [-0.1, -0.05) is 0 Å². The van der Waals surface area contributed by atoms with E-state index in [0.29, 0.717) is 5.56 Å². The maximum atomic E-state index is 11.9. The number of carboxylic acid groups (broad SMARTS) is 2. The number of carboxylic acids is 2. The summed E-state index contributed by atoms with van der Waals surface area (Å²) in [4.78, 5) is 63.4. The van der Waals surface area contributed by atoms with Gasteiger partial charge in [0.05, 0.1) is 17.0 Å². The summed E-state index contributed by atoms with van der Waals surface area (Å²) in [6.07, 6.45) is -0.0900. The number of nitrogens with one attached hydrogen (secondary N) is 1. The Morgan fingerprint density at radius 2 is 1.76 bits per heavy atom. The van der Waals surface area contributed by atoms with Crippen molar-refractivity contribution in [3.63, 3.8) is 0 Å². The van der Waals surface area contributed by atoms with Gasteiger partial charge in [0.15, 0.2) is 12.1 Å². The summed E-state index contributed by atoms with van der Waals surface area (Å²) in [5.74, 6) is -4.58. The van der Waals surface area contributed by atoms with Gasteiger partial charge in [-0.2, -0.15) is 0 Å². The molecule has 2 heterocycles. The summed E-state index contributed by atoms with van der Waals surface area (Å²) in [6.45, 7) is 2.85. The second-order valence-corrected chi connectivity index (χ2v) is 5.17. The Balaban J connectivity index is 2.94. The number of H-pyrrole nitrogens is 1. The molecule has 0 atom stereocenters. The molecule has 0 saturated heterocycles. The molecule has 2 aromatic rings. The van der Waals surface area contributed by atoms with Crippen LogP contribution in [-0.2, 0) is 4.79 Å². The Labute approximate surface area is 140 Å². The number of Topliss-reactive ketones (excluding diaryl/α,β-unsaturated/α-hetero) is 2. The maximum Gasteiger partial charge on any atom is 0.354 e. The molecule has 0 unspecified atom stereocenters. The zero-order valence-electron chi connectivity index (χ0n) is 13.1. The van der Waals surface area contributed by atoms with Crippen LogP contribution in [0.15, 0.2) is 12.1 Å². The summed E-state index contributed by atoms with van der Waals surface area (Å²) >= 11 is 0. The van der Waals surface area contributed by atoms with Crippen molar-refractivity contribution in [3.05, 3.63) is 40.3 Å². The van der Waals surface area contributed by atoms with Gasteiger partial charge in [0.2, 0.25) is 5.78 Å². The van der Waals surface area contributed by atoms with E-state index in [2.05, 4.69) is 9.97 Å². The van der Waals surface area contributed by atoms with Crippen molar-refractivity contribution in [2.75, 3.05) is 0 Å². The summed E-state index contributed by atoms with van der Waals surface area (Å²) in [5, 5.41) is 18.5. The first-order chi connectivity index (χ1) is 11.7. The van der Waals surface area contributed by atoms with E-state index < -0.39 is 34.7 Å². The van der Waals surface area contributed by atoms with Crippen molar-refractivity contribution >= 4 is 29.8 Å². The van der Waals surface area contributed by atoms with Gasteiger partial charge in [-0.25, -0.2) is 14.6 Å². The molecule has 9 nitrogen and oxygen atoms in total. The van der Waals surface area contributed by atoms with E-state index in [9.17, 15) is 29.1 Å². The van der Waals surface area contributed by atoms with E-state index in [-0.39, 0.29) is 29.0 Å². The van der Waals surface area contributed by atoms with Crippen LogP contribution >= 0.6 is 0 Å². The van der Waals surface area contributed by atoms with Crippen molar-refractivity contribution < 1.29 is 34.2 Å². The minimum atomic E-state index is -1.55. The molecule has 0 saturated carbocycles. The number of aryl methyl sites for hydroxylation is 1. The van der Waals surface area contributed by atoms with Gasteiger partial charge in [0, 0.05) is 12.5 Å². The molecule has 0 aliphatic rings. The molecule has 0 fully saturated rings. The third kappa shape index (κ3) is 3.20. The number of nitrogens with zero attached hydrogens (tertiary/aromatic N) is 1. The quantitative estimate of drug-likeness (QED) is 0.403. The van der Waals surface area contributed by atoms with E-state index in [0.717, 1.165) is 6.07 Å². The van der Waals surface area contributed by atoms with Crippen molar-refractivity contribution in [2.24, 2.45) is 0 Å². The highest BCUT2D eigenvalue weighted by atomic mass is 16.4. The number of aldehydes is 1. The minimum Gasteiger partial charge on any atom is -0.478 e.